The van der Waals surface area contributed by atoms with Crippen molar-refractivity contribution in [3.63, 3.8) is 0 Å². The molecule has 162 valence electrons. The first-order chi connectivity index (χ1) is 14.6. The van der Waals surface area contributed by atoms with Crippen molar-refractivity contribution in [3.05, 3.63) is 53.6 Å². The Morgan fingerprint density at radius 1 is 0.867 bits per heavy atom. The van der Waals surface area contributed by atoms with Crippen LogP contribution in [0.2, 0.25) is 0 Å². The quantitative estimate of drug-likeness (QED) is 0.680. The van der Waals surface area contributed by atoms with Gasteiger partial charge in [-0.1, -0.05) is 30.3 Å². The largest absolute Gasteiger partial charge is 0.496 e. The lowest BCUT2D eigenvalue weighted by molar-refractivity contribution is -0.122. The minimum Gasteiger partial charge on any atom is -0.496 e. The summed E-state index contributed by atoms with van der Waals surface area (Å²) >= 11 is 0. The van der Waals surface area contributed by atoms with Crippen LogP contribution in [0.15, 0.2) is 42.5 Å². The van der Waals surface area contributed by atoms with Crippen molar-refractivity contribution in [2.24, 2.45) is 0 Å². The van der Waals surface area contributed by atoms with Crippen molar-refractivity contribution in [2.45, 2.75) is 13.1 Å². The summed E-state index contributed by atoms with van der Waals surface area (Å²) in [4.78, 5) is 17.1. The summed E-state index contributed by atoms with van der Waals surface area (Å²) in [5.74, 6) is 1.86. The van der Waals surface area contributed by atoms with E-state index in [1.165, 1.54) is 5.56 Å². The van der Waals surface area contributed by atoms with Gasteiger partial charge in [0, 0.05) is 50.9 Å². The van der Waals surface area contributed by atoms with Gasteiger partial charge in [0.2, 0.25) is 5.91 Å². The molecule has 0 spiro atoms. The van der Waals surface area contributed by atoms with E-state index in [0.29, 0.717) is 30.3 Å². The number of hydrogen-bond acceptors (Lipinski definition) is 6. The van der Waals surface area contributed by atoms with Gasteiger partial charge in [-0.2, -0.15) is 0 Å². The van der Waals surface area contributed by atoms with Gasteiger partial charge in [0.15, 0.2) is 11.5 Å². The van der Waals surface area contributed by atoms with E-state index in [1.54, 1.807) is 27.4 Å². The molecule has 3 rings (SSSR count). The SMILES string of the molecule is COc1cc(OC)c(OC)cc1CNC(=O)CN1CCN(Cc2ccccc2)CC1. The Morgan fingerprint density at radius 3 is 2.10 bits per heavy atom. The zero-order chi connectivity index (χ0) is 21.3. The topological polar surface area (TPSA) is 63.3 Å². The first kappa shape index (κ1) is 21.9. The van der Waals surface area contributed by atoms with Gasteiger partial charge in [-0.15, -0.1) is 0 Å². The van der Waals surface area contributed by atoms with Gasteiger partial charge in [0.25, 0.3) is 0 Å². The van der Waals surface area contributed by atoms with Gasteiger partial charge < -0.3 is 19.5 Å². The number of carbonyl (C=O) groups excluding carboxylic acids is 1. The van der Waals surface area contributed by atoms with E-state index < -0.39 is 0 Å². The van der Waals surface area contributed by atoms with E-state index in [2.05, 4.69) is 39.4 Å². The second-order valence-corrected chi connectivity index (χ2v) is 7.33. The summed E-state index contributed by atoms with van der Waals surface area (Å²) in [5.41, 5.74) is 2.17. The number of benzene rings is 2. The summed E-state index contributed by atoms with van der Waals surface area (Å²) in [5, 5.41) is 2.99. The van der Waals surface area contributed by atoms with E-state index in [0.717, 1.165) is 38.3 Å². The van der Waals surface area contributed by atoms with Gasteiger partial charge in [-0.3, -0.25) is 14.6 Å². The van der Waals surface area contributed by atoms with E-state index in [1.807, 2.05) is 12.1 Å². The van der Waals surface area contributed by atoms with Crippen LogP contribution in [-0.2, 0) is 17.9 Å². The smallest absolute Gasteiger partial charge is 0.234 e. The number of nitrogens with one attached hydrogen (secondary N) is 1. The third-order valence-corrected chi connectivity index (χ3v) is 5.34. The predicted molar refractivity (Wildman–Crippen MR) is 116 cm³/mol. The molecule has 1 saturated heterocycles. The van der Waals surface area contributed by atoms with Gasteiger partial charge in [0.1, 0.15) is 5.75 Å². The molecular weight excluding hydrogens is 382 g/mol. The molecular formula is C23H31N3O4. The number of methoxy groups -OCH3 is 3. The number of rotatable bonds is 9. The lowest BCUT2D eigenvalue weighted by atomic mass is 10.1. The van der Waals surface area contributed by atoms with Crippen LogP contribution in [0.4, 0.5) is 0 Å². The highest BCUT2D eigenvalue weighted by atomic mass is 16.5. The molecule has 7 heteroatoms. The van der Waals surface area contributed by atoms with Crippen molar-refractivity contribution in [2.75, 3.05) is 54.1 Å². The lowest BCUT2D eigenvalue weighted by Crippen LogP contribution is -2.49. The normalized spacial score (nSPS) is 14.9. The number of piperazine rings is 1. The molecule has 1 heterocycles. The Hall–Kier alpha value is -2.77. The summed E-state index contributed by atoms with van der Waals surface area (Å²) in [6.07, 6.45) is 0. The van der Waals surface area contributed by atoms with Crippen LogP contribution < -0.4 is 19.5 Å². The molecule has 1 aliphatic rings. The minimum absolute atomic E-state index is 0.00310. The number of hydrogen-bond donors (Lipinski definition) is 1. The van der Waals surface area contributed by atoms with Crippen LogP contribution in [0.5, 0.6) is 17.2 Å². The zero-order valence-corrected chi connectivity index (χ0v) is 18.0. The van der Waals surface area contributed by atoms with Crippen LogP contribution in [0.1, 0.15) is 11.1 Å². The molecule has 0 aromatic heterocycles. The van der Waals surface area contributed by atoms with Crippen LogP contribution in [0, 0.1) is 0 Å². The summed E-state index contributed by atoms with van der Waals surface area (Å²) in [6, 6.07) is 14.1. The fourth-order valence-corrected chi connectivity index (χ4v) is 3.63. The van der Waals surface area contributed by atoms with Crippen LogP contribution in [0.25, 0.3) is 0 Å². The van der Waals surface area contributed by atoms with Gasteiger partial charge in [-0.05, 0) is 11.6 Å². The summed E-state index contributed by atoms with van der Waals surface area (Å²) < 4.78 is 16.1. The van der Waals surface area contributed by atoms with E-state index >= 15 is 0 Å². The maximum Gasteiger partial charge on any atom is 0.234 e. The molecule has 0 bridgehead atoms. The highest BCUT2D eigenvalue weighted by molar-refractivity contribution is 5.78. The molecule has 0 unspecified atom stereocenters. The molecule has 30 heavy (non-hydrogen) atoms. The van der Waals surface area contributed by atoms with Crippen molar-refractivity contribution in [3.8, 4) is 17.2 Å². The maximum atomic E-state index is 12.5. The third-order valence-electron chi connectivity index (χ3n) is 5.34. The molecule has 0 atom stereocenters. The highest BCUT2D eigenvalue weighted by Gasteiger charge is 2.19. The van der Waals surface area contributed by atoms with Crippen molar-refractivity contribution >= 4 is 5.91 Å². The fraction of sp³-hybridized carbons (Fsp3) is 0.435. The number of nitrogens with zero attached hydrogens (tertiary/aromatic N) is 2. The first-order valence-electron chi connectivity index (χ1n) is 10.2. The lowest BCUT2D eigenvalue weighted by Gasteiger charge is -2.34. The Bertz CT molecular complexity index is 821. The first-order valence-corrected chi connectivity index (χ1v) is 10.2. The van der Waals surface area contributed by atoms with Gasteiger partial charge >= 0.3 is 0 Å². The second kappa shape index (κ2) is 10.8. The van der Waals surface area contributed by atoms with E-state index in [4.69, 9.17) is 14.2 Å². The van der Waals surface area contributed by atoms with Crippen molar-refractivity contribution in [1.82, 2.24) is 15.1 Å². The third kappa shape index (κ3) is 5.87. The van der Waals surface area contributed by atoms with E-state index in [-0.39, 0.29) is 5.91 Å². The Balaban J connectivity index is 1.46. The molecule has 7 nitrogen and oxygen atoms in total. The minimum atomic E-state index is 0.00310. The van der Waals surface area contributed by atoms with E-state index in [9.17, 15) is 4.79 Å². The average molecular weight is 414 g/mol. The molecule has 0 radical (unpaired) electrons. The zero-order valence-electron chi connectivity index (χ0n) is 18.0. The molecule has 1 fully saturated rings. The average Bonchev–Trinajstić information content (AvgIpc) is 2.79. The van der Waals surface area contributed by atoms with Gasteiger partial charge in [-0.25, -0.2) is 0 Å². The number of carbonyl (C=O) groups is 1. The number of ether oxygens (including phenoxy) is 3. The Morgan fingerprint density at radius 2 is 1.47 bits per heavy atom. The van der Waals surface area contributed by atoms with Gasteiger partial charge in [0.05, 0.1) is 27.9 Å². The predicted octanol–water partition coefficient (Wildman–Crippen LogP) is 2.15. The molecule has 1 N–H and O–H groups in total. The summed E-state index contributed by atoms with van der Waals surface area (Å²) in [6.45, 7) is 5.43. The fourth-order valence-electron chi connectivity index (χ4n) is 3.63. The highest BCUT2D eigenvalue weighted by Crippen LogP contribution is 2.34. The monoisotopic (exact) mass is 413 g/mol. The van der Waals surface area contributed by atoms with Crippen LogP contribution >= 0.6 is 0 Å². The van der Waals surface area contributed by atoms with Crippen LogP contribution in [0.3, 0.4) is 0 Å². The Kier molecular flexibility index (Phi) is 7.93. The standard InChI is InChI=1S/C23H31N3O4/c1-28-20-14-22(30-3)21(29-2)13-19(20)15-24-23(27)17-26-11-9-25(10-12-26)16-18-7-5-4-6-8-18/h4-8,13-14H,9-12,15-17H2,1-3H3,(H,24,27). The molecule has 1 amide bonds. The Labute approximate surface area is 178 Å². The second-order valence-electron chi connectivity index (χ2n) is 7.33. The molecule has 1 aliphatic heterocycles. The maximum absolute atomic E-state index is 12.5. The molecule has 2 aromatic rings. The number of amides is 1. The molecule has 0 aliphatic carbocycles. The molecule has 2 aromatic carbocycles. The van der Waals surface area contributed by atoms with Crippen molar-refractivity contribution in [1.29, 1.82) is 0 Å². The molecule has 0 saturated carbocycles. The van der Waals surface area contributed by atoms with Crippen molar-refractivity contribution < 1.29 is 19.0 Å². The summed E-state index contributed by atoms with van der Waals surface area (Å²) in [7, 11) is 4.77. The van der Waals surface area contributed by atoms with Crippen LogP contribution in [-0.4, -0.2) is 69.8 Å².